The van der Waals surface area contributed by atoms with Crippen LogP contribution in [0, 0.1) is 0 Å². The third-order valence-corrected chi connectivity index (χ3v) is 3.81. The van der Waals surface area contributed by atoms with Crippen LogP contribution in [0.25, 0.3) is 0 Å². The van der Waals surface area contributed by atoms with E-state index in [1.54, 1.807) is 19.3 Å². The lowest BCUT2D eigenvalue weighted by atomic mass is 9.79. The van der Waals surface area contributed by atoms with Crippen LogP contribution in [-0.4, -0.2) is 31.6 Å². The fourth-order valence-electron chi connectivity index (χ4n) is 1.67. The van der Waals surface area contributed by atoms with Crippen LogP contribution in [0.5, 0.6) is 0 Å². The monoisotopic (exact) mass is 276 g/mol. The molecule has 0 aromatic rings. The Morgan fingerprint density at radius 1 is 1.15 bits per heavy atom. The van der Waals surface area contributed by atoms with Crippen molar-refractivity contribution in [2.45, 2.75) is 45.8 Å². The molecule has 0 aromatic heterocycles. The van der Waals surface area contributed by atoms with Gasteiger partial charge >= 0.3 is 7.12 Å². The number of aliphatic imine (C=N–C) groups is 1. The molecule has 2 N–H and O–H groups in total. The van der Waals surface area contributed by atoms with Gasteiger partial charge in [-0.15, -0.1) is 0 Å². The lowest BCUT2D eigenvalue weighted by molar-refractivity contribution is 0.00578. The summed E-state index contributed by atoms with van der Waals surface area (Å²) in [6.45, 7) is 14.0. The zero-order valence-corrected chi connectivity index (χ0v) is 13.4. The SMILES string of the molecule is C=C(/C=C\C(N)=C(C)C=NC)B1OC(C)(C)C(C)(C)O1. The normalized spacial score (nSPS) is 22.6. The summed E-state index contributed by atoms with van der Waals surface area (Å²) in [5.74, 6) is 0. The Labute approximate surface area is 122 Å². The summed E-state index contributed by atoms with van der Waals surface area (Å²) >= 11 is 0. The predicted molar refractivity (Wildman–Crippen MR) is 85.7 cm³/mol. The molecule has 1 heterocycles. The Bertz CT molecular complexity index is 460. The van der Waals surface area contributed by atoms with E-state index in [2.05, 4.69) is 11.6 Å². The summed E-state index contributed by atoms with van der Waals surface area (Å²) in [7, 11) is 1.27. The van der Waals surface area contributed by atoms with E-state index >= 15 is 0 Å². The lowest BCUT2D eigenvalue weighted by Gasteiger charge is -2.32. The van der Waals surface area contributed by atoms with Gasteiger partial charge in [-0.25, -0.2) is 0 Å². The van der Waals surface area contributed by atoms with Gasteiger partial charge in [-0.05, 0) is 51.7 Å². The summed E-state index contributed by atoms with van der Waals surface area (Å²) in [6.07, 6.45) is 5.34. The molecule has 0 bridgehead atoms. The van der Waals surface area contributed by atoms with E-state index in [0.29, 0.717) is 5.70 Å². The minimum Gasteiger partial charge on any atom is -0.399 e. The third-order valence-electron chi connectivity index (χ3n) is 3.81. The average molecular weight is 276 g/mol. The molecular formula is C15H25BN2O2. The number of nitrogens with zero attached hydrogens (tertiary/aromatic N) is 1. The van der Waals surface area contributed by atoms with Gasteiger partial charge in [-0.3, -0.25) is 4.99 Å². The molecule has 1 aliphatic rings. The van der Waals surface area contributed by atoms with Crippen molar-refractivity contribution in [3.8, 4) is 0 Å². The second-order valence-electron chi connectivity index (χ2n) is 6.02. The van der Waals surface area contributed by atoms with Crippen molar-refractivity contribution in [2.24, 2.45) is 10.7 Å². The Morgan fingerprint density at radius 2 is 1.65 bits per heavy atom. The van der Waals surface area contributed by atoms with E-state index in [9.17, 15) is 0 Å². The highest BCUT2D eigenvalue weighted by atomic mass is 16.7. The highest BCUT2D eigenvalue weighted by molar-refractivity contribution is 6.55. The molecular weight excluding hydrogens is 251 g/mol. The van der Waals surface area contributed by atoms with Crippen LogP contribution in [0.2, 0.25) is 0 Å². The van der Waals surface area contributed by atoms with E-state index in [1.165, 1.54) is 0 Å². The van der Waals surface area contributed by atoms with Gasteiger partial charge in [0, 0.05) is 19.0 Å². The summed E-state index contributed by atoms with van der Waals surface area (Å²) in [5.41, 5.74) is 7.51. The van der Waals surface area contributed by atoms with Gasteiger partial charge in [0.25, 0.3) is 0 Å². The maximum atomic E-state index is 5.94. The number of nitrogens with two attached hydrogens (primary N) is 1. The maximum absolute atomic E-state index is 5.94. The van der Waals surface area contributed by atoms with Crippen LogP contribution in [0.15, 0.2) is 40.5 Å². The fourth-order valence-corrected chi connectivity index (χ4v) is 1.67. The summed E-state index contributed by atoms with van der Waals surface area (Å²) < 4.78 is 11.8. The minimum atomic E-state index is -0.441. The molecule has 0 aromatic carbocycles. The van der Waals surface area contributed by atoms with E-state index in [0.717, 1.165) is 11.0 Å². The molecule has 0 radical (unpaired) electrons. The van der Waals surface area contributed by atoms with Gasteiger partial charge < -0.3 is 15.0 Å². The topological polar surface area (TPSA) is 56.8 Å². The quantitative estimate of drug-likeness (QED) is 0.488. The van der Waals surface area contributed by atoms with Gasteiger partial charge in [-0.2, -0.15) is 0 Å². The standard InChI is InChI=1S/C15H25BN2O2/c1-11(10-18-7)13(17)9-8-12(2)16-19-14(3,4)15(5,6)20-16/h8-10H,2,17H2,1,3-7H3/b9-8-,13-11?,18-10?. The average Bonchev–Trinajstić information content (AvgIpc) is 2.55. The predicted octanol–water partition coefficient (Wildman–Crippen LogP) is 2.66. The Hall–Kier alpha value is -1.33. The molecule has 0 aliphatic carbocycles. The molecule has 0 unspecified atom stereocenters. The van der Waals surface area contributed by atoms with Gasteiger partial charge in [0.2, 0.25) is 0 Å². The largest absolute Gasteiger partial charge is 0.494 e. The molecule has 110 valence electrons. The Morgan fingerprint density at radius 3 is 2.10 bits per heavy atom. The Balaban J connectivity index is 2.78. The molecule has 0 amide bonds. The second kappa shape index (κ2) is 5.98. The molecule has 20 heavy (non-hydrogen) atoms. The molecule has 4 nitrogen and oxygen atoms in total. The number of allylic oxidation sites excluding steroid dienone is 4. The van der Waals surface area contributed by atoms with Crippen molar-refractivity contribution in [3.63, 3.8) is 0 Å². The van der Waals surface area contributed by atoms with Crippen molar-refractivity contribution >= 4 is 13.3 Å². The first-order valence-corrected chi connectivity index (χ1v) is 6.72. The number of hydrogen-bond acceptors (Lipinski definition) is 4. The molecule has 0 saturated carbocycles. The molecule has 1 fully saturated rings. The summed E-state index contributed by atoms with van der Waals surface area (Å²) in [6, 6.07) is 0. The van der Waals surface area contributed by atoms with Crippen LogP contribution in [0.1, 0.15) is 34.6 Å². The van der Waals surface area contributed by atoms with Gasteiger partial charge in [0.05, 0.1) is 11.2 Å². The molecule has 1 rings (SSSR count). The fraction of sp³-hybridized carbons (Fsp3) is 0.533. The number of rotatable bonds is 4. The van der Waals surface area contributed by atoms with Crippen molar-refractivity contribution in [2.75, 3.05) is 7.05 Å². The van der Waals surface area contributed by atoms with E-state index in [1.807, 2.05) is 40.7 Å². The first-order chi connectivity index (χ1) is 9.10. The van der Waals surface area contributed by atoms with Gasteiger partial charge in [-0.1, -0.05) is 12.7 Å². The first kappa shape index (κ1) is 16.7. The second-order valence-corrected chi connectivity index (χ2v) is 6.02. The molecule has 0 spiro atoms. The maximum Gasteiger partial charge on any atom is 0.494 e. The summed E-state index contributed by atoms with van der Waals surface area (Å²) in [4.78, 5) is 3.93. The summed E-state index contributed by atoms with van der Waals surface area (Å²) in [5, 5.41) is 0. The van der Waals surface area contributed by atoms with Crippen molar-refractivity contribution in [1.82, 2.24) is 0 Å². The van der Waals surface area contributed by atoms with Crippen LogP contribution < -0.4 is 5.73 Å². The van der Waals surface area contributed by atoms with Crippen molar-refractivity contribution < 1.29 is 9.31 Å². The molecule has 1 saturated heterocycles. The van der Waals surface area contributed by atoms with Gasteiger partial charge in [0.15, 0.2) is 0 Å². The highest BCUT2D eigenvalue weighted by Crippen LogP contribution is 2.38. The van der Waals surface area contributed by atoms with E-state index < -0.39 is 7.12 Å². The van der Waals surface area contributed by atoms with Crippen molar-refractivity contribution in [1.29, 1.82) is 0 Å². The van der Waals surface area contributed by atoms with E-state index in [4.69, 9.17) is 15.0 Å². The first-order valence-electron chi connectivity index (χ1n) is 6.72. The molecule has 5 heteroatoms. The highest BCUT2D eigenvalue weighted by Gasteiger charge is 2.51. The van der Waals surface area contributed by atoms with Crippen LogP contribution in [0.3, 0.4) is 0 Å². The van der Waals surface area contributed by atoms with Crippen molar-refractivity contribution in [3.05, 3.63) is 35.5 Å². The minimum absolute atomic E-state index is 0.361. The van der Waals surface area contributed by atoms with Crippen LogP contribution in [0.4, 0.5) is 0 Å². The smallest absolute Gasteiger partial charge is 0.399 e. The molecule has 0 atom stereocenters. The molecule has 1 aliphatic heterocycles. The lowest BCUT2D eigenvalue weighted by Crippen LogP contribution is -2.41. The third kappa shape index (κ3) is 3.61. The van der Waals surface area contributed by atoms with E-state index in [-0.39, 0.29) is 11.2 Å². The number of hydrogen-bond donors (Lipinski definition) is 1. The Kier molecular flexibility index (Phi) is 5.00. The zero-order valence-electron chi connectivity index (χ0n) is 13.4. The van der Waals surface area contributed by atoms with Crippen LogP contribution >= 0.6 is 0 Å². The van der Waals surface area contributed by atoms with Crippen LogP contribution in [-0.2, 0) is 9.31 Å². The van der Waals surface area contributed by atoms with Gasteiger partial charge in [0.1, 0.15) is 0 Å². The zero-order chi connectivity index (χ0) is 15.6.